The molecule has 0 aromatic carbocycles. The number of hydrogen-bond acceptors (Lipinski definition) is 8. The van der Waals surface area contributed by atoms with Crippen molar-refractivity contribution in [3.63, 3.8) is 0 Å². The number of carbonyl (C=O) groups excluding carboxylic acids is 1. The molecule has 1 aliphatic heterocycles. The van der Waals surface area contributed by atoms with Crippen LogP contribution in [0.4, 0.5) is 0 Å². The first kappa shape index (κ1) is 27.3. The van der Waals surface area contributed by atoms with Crippen molar-refractivity contribution in [2.45, 2.75) is 101 Å². The number of fused-ring (bicyclic) bond motifs is 1. The molecule has 38 heavy (non-hydrogen) atoms. The van der Waals surface area contributed by atoms with E-state index >= 15 is 0 Å². The van der Waals surface area contributed by atoms with E-state index in [1.807, 2.05) is 0 Å². The van der Waals surface area contributed by atoms with E-state index in [1.165, 1.54) is 0 Å². The van der Waals surface area contributed by atoms with E-state index in [-0.39, 0.29) is 30.3 Å². The Morgan fingerprint density at radius 3 is 1.89 bits per heavy atom. The summed E-state index contributed by atoms with van der Waals surface area (Å²) in [6.07, 6.45) is 6.89. The maximum atomic E-state index is 11.5. The van der Waals surface area contributed by atoms with E-state index in [2.05, 4.69) is 0 Å². The first-order valence-corrected chi connectivity index (χ1v) is 13.8. The number of carbonyl (C=O) groups is 4. The molecule has 6 bridgehead atoms. The maximum absolute atomic E-state index is 11.5. The van der Waals surface area contributed by atoms with Crippen LogP contribution >= 0.6 is 0 Å². The molecule has 0 aromatic rings. The average Bonchev–Trinajstić information content (AvgIpc) is 3.42. The second-order valence-electron chi connectivity index (χ2n) is 13.1. The lowest BCUT2D eigenvalue weighted by molar-refractivity contribution is -0.191. The highest BCUT2D eigenvalue weighted by molar-refractivity contribution is 6.02. The number of carboxylic acid groups (broad SMARTS) is 3. The third-order valence-electron chi connectivity index (χ3n) is 10.5. The molecular formula is C27H38O11. The number of ether oxygens (including phenoxy) is 1. The van der Waals surface area contributed by atoms with Crippen LogP contribution in [0.3, 0.4) is 0 Å². The van der Waals surface area contributed by atoms with Crippen LogP contribution in [0.5, 0.6) is 0 Å². The van der Waals surface area contributed by atoms with Crippen LogP contribution in [-0.4, -0.2) is 78.4 Å². The zero-order valence-electron chi connectivity index (χ0n) is 21.3. The van der Waals surface area contributed by atoms with E-state index in [4.69, 9.17) is 20.1 Å². The van der Waals surface area contributed by atoms with Crippen LogP contribution in [0.15, 0.2) is 0 Å². The van der Waals surface area contributed by atoms with E-state index in [9.17, 15) is 34.5 Å². The van der Waals surface area contributed by atoms with Gasteiger partial charge >= 0.3 is 23.9 Å². The number of rotatable bonds is 3. The Morgan fingerprint density at radius 2 is 1.42 bits per heavy atom. The van der Waals surface area contributed by atoms with Crippen LogP contribution in [0, 0.1) is 40.4 Å². The van der Waals surface area contributed by atoms with Gasteiger partial charge in [0.05, 0.1) is 29.1 Å². The quantitative estimate of drug-likeness (QED) is 0.224. The summed E-state index contributed by atoms with van der Waals surface area (Å²) in [7, 11) is 0. The van der Waals surface area contributed by atoms with Crippen LogP contribution in [0.2, 0.25) is 0 Å². The van der Waals surface area contributed by atoms with Crippen molar-refractivity contribution >= 4 is 23.9 Å². The van der Waals surface area contributed by atoms with Gasteiger partial charge in [-0.15, -0.1) is 0 Å². The second-order valence-corrected chi connectivity index (χ2v) is 13.1. The van der Waals surface area contributed by atoms with Crippen molar-refractivity contribution in [3.8, 4) is 0 Å². The number of aliphatic hydroxyl groups is 3. The van der Waals surface area contributed by atoms with E-state index < -0.39 is 52.5 Å². The van der Waals surface area contributed by atoms with Crippen LogP contribution in [0.1, 0.15) is 77.0 Å². The molecule has 1 saturated heterocycles. The van der Waals surface area contributed by atoms with Gasteiger partial charge in [-0.05, 0) is 94.8 Å². The number of aliphatic carboxylic acids is 3. The summed E-state index contributed by atoms with van der Waals surface area (Å²) in [6.45, 7) is 0. The molecule has 1 heterocycles. The summed E-state index contributed by atoms with van der Waals surface area (Å²) in [5.74, 6) is -2.79. The molecule has 11 heteroatoms. The van der Waals surface area contributed by atoms with Gasteiger partial charge in [-0.2, -0.15) is 0 Å². The lowest BCUT2D eigenvalue weighted by atomic mass is 9.48. The van der Waals surface area contributed by atoms with Crippen molar-refractivity contribution in [1.82, 2.24) is 0 Å². The maximum Gasteiger partial charge on any atom is 0.324 e. The number of carboxylic acids is 3. The molecule has 0 amide bonds. The van der Waals surface area contributed by atoms with Crippen LogP contribution in [-0.2, 0) is 23.9 Å². The zero-order chi connectivity index (χ0) is 27.6. The van der Waals surface area contributed by atoms with Gasteiger partial charge in [0.1, 0.15) is 6.10 Å². The van der Waals surface area contributed by atoms with Gasteiger partial charge in [0, 0.05) is 5.92 Å². The van der Waals surface area contributed by atoms with Crippen molar-refractivity contribution in [2.75, 3.05) is 0 Å². The first-order chi connectivity index (χ1) is 17.8. The Balaban J connectivity index is 0.000000118. The third kappa shape index (κ3) is 4.40. The van der Waals surface area contributed by atoms with E-state index in [0.717, 1.165) is 32.1 Å². The molecule has 11 nitrogen and oxygen atoms in total. The fraction of sp³-hybridized carbons (Fsp3) is 0.852. The summed E-state index contributed by atoms with van der Waals surface area (Å²) in [4.78, 5) is 44.3. The number of esters is 1. The topological polar surface area (TPSA) is 199 Å². The van der Waals surface area contributed by atoms with Crippen LogP contribution < -0.4 is 0 Å². The SMILES string of the molecule is O=C(O)C12CC3CC(CC(O)(C3)C1)C2.O=C(O)C12CC3CC1C(OC2=O)C3O.O=C(O)C1CCC(O)CC1. The highest BCUT2D eigenvalue weighted by Gasteiger charge is 2.74. The van der Waals surface area contributed by atoms with E-state index in [1.54, 1.807) is 0 Å². The summed E-state index contributed by atoms with van der Waals surface area (Å²) in [5.41, 5.74) is -2.55. The van der Waals surface area contributed by atoms with Gasteiger partial charge in [0.15, 0.2) is 5.41 Å². The summed E-state index contributed by atoms with van der Waals surface area (Å²) < 4.78 is 4.95. The minimum absolute atomic E-state index is 0.0763. The van der Waals surface area contributed by atoms with Crippen LogP contribution in [0.25, 0.3) is 0 Å². The van der Waals surface area contributed by atoms with Crippen molar-refractivity contribution < 1.29 is 54.6 Å². The summed E-state index contributed by atoms with van der Waals surface area (Å²) in [6, 6.07) is 0. The highest BCUT2D eigenvalue weighted by Crippen LogP contribution is 2.62. The largest absolute Gasteiger partial charge is 0.481 e. The van der Waals surface area contributed by atoms with Crippen molar-refractivity contribution in [1.29, 1.82) is 0 Å². The predicted molar refractivity (Wildman–Crippen MR) is 127 cm³/mol. The molecule has 7 saturated carbocycles. The molecule has 7 unspecified atom stereocenters. The van der Waals surface area contributed by atoms with Gasteiger partial charge in [0.25, 0.3) is 0 Å². The molecule has 6 N–H and O–H groups in total. The standard InChI is InChI=1S/C11H16O3.C9H10O5.C7H12O3/c12-9(13)10-2-7-1-8(3-10)5-11(14,4-7)6-10;10-5-3-1-4-6(5)14-8(13)9(4,2-3)7(11)12;8-6-3-1-5(2-4-6)7(9)10/h7-8,14H,1-6H2,(H,12,13);3-6,10H,1-2H2,(H,11,12);5-6,8H,1-4H2,(H,9,10). The monoisotopic (exact) mass is 538 g/mol. The Labute approximate surface area is 220 Å². The molecule has 0 spiro atoms. The number of aliphatic hydroxyl groups excluding tert-OH is 2. The average molecular weight is 539 g/mol. The normalized spacial score (nSPS) is 48.9. The fourth-order valence-corrected chi connectivity index (χ4v) is 9.09. The molecule has 7 aliphatic carbocycles. The smallest absolute Gasteiger partial charge is 0.324 e. The molecule has 0 aromatic heterocycles. The predicted octanol–water partition coefficient (Wildman–Crippen LogP) is 1.41. The fourth-order valence-electron chi connectivity index (χ4n) is 9.09. The van der Waals surface area contributed by atoms with Gasteiger partial charge in [-0.1, -0.05) is 0 Å². The Hall–Kier alpha value is -2.24. The van der Waals surface area contributed by atoms with E-state index in [0.29, 0.717) is 50.4 Å². The molecule has 8 fully saturated rings. The third-order valence-corrected chi connectivity index (χ3v) is 10.5. The summed E-state index contributed by atoms with van der Waals surface area (Å²) >= 11 is 0. The van der Waals surface area contributed by atoms with Crippen molar-refractivity contribution in [2.24, 2.45) is 40.4 Å². The molecule has 8 aliphatic rings. The lowest BCUT2D eigenvalue weighted by Crippen LogP contribution is -2.58. The minimum atomic E-state index is -1.34. The van der Waals surface area contributed by atoms with Gasteiger partial charge in [-0.25, -0.2) is 0 Å². The van der Waals surface area contributed by atoms with Gasteiger partial charge in [-0.3, -0.25) is 19.2 Å². The number of hydrogen-bond donors (Lipinski definition) is 6. The molecule has 7 atom stereocenters. The minimum Gasteiger partial charge on any atom is -0.481 e. The zero-order valence-corrected chi connectivity index (χ0v) is 21.3. The second kappa shape index (κ2) is 9.45. The Morgan fingerprint density at radius 1 is 0.816 bits per heavy atom. The highest BCUT2D eigenvalue weighted by atomic mass is 16.6. The summed E-state index contributed by atoms with van der Waals surface area (Å²) in [5, 5.41) is 55.8. The van der Waals surface area contributed by atoms with Gasteiger partial charge < -0.3 is 35.4 Å². The lowest BCUT2D eigenvalue weighted by Gasteiger charge is -2.58. The molecule has 8 rings (SSSR count). The Kier molecular flexibility index (Phi) is 6.79. The van der Waals surface area contributed by atoms with Crippen molar-refractivity contribution in [3.05, 3.63) is 0 Å². The Bertz CT molecular complexity index is 987. The molecule has 212 valence electrons. The van der Waals surface area contributed by atoms with Gasteiger partial charge in [0.2, 0.25) is 0 Å². The first-order valence-electron chi connectivity index (χ1n) is 13.8. The molecule has 0 radical (unpaired) electrons. The molecular weight excluding hydrogens is 500 g/mol.